The molecule has 1 unspecified atom stereocenters. The minimum atomic E-state index is -0.709. The number of hydrogen-bond donors (Lipinski definition) is 3. The second kappa shape index (κ2) is 6.00. The summed E-state index contributed by atoms with van der Waals surface area (Å²) in [7, 11) is 0. The number of oxime groups is 1. The van der Waals surface area contributed by atoms with Crippen LogP contribution in [0, 0.1) is 18.7 Å². The fourth-order valence-corrected chi connectivity index (χ4v) is 1.59. The van der Waals surface area contributed by atoms with Crippen LogP contribution in [0.2, 0.25) is 0 Å². The number of carbonyl (C=O) groups is 1. The van der Waals surface area contributed by atoms with Gasteiger partial charge in [0, 0.05) is 5.69 Å². The Labute approximate surface area is 104 Å². The van der Waals surface area contributed by atoms with Gasteiger partial charge in [-0.25, -0.2) is 4.39 Å². The quantitative estimate of drug-likeness (QED) is 0.331. The predicted molar refractivity (Wildman–Crippen MR) is 67.0 cm³/mol. The normalized spacial score (nSPS) is 13.2. The lowest BCUT2D eigenvalue weighted by Crippen LogP contribution is -2.34. The molecule has 6 heteroatoms. The molecule has 98 valence electrons. The van der Waals surface area contributed by atoms with Gasteiger partial charge in [-0.15, -0.1) is 0 Å². The second-order valence-electron chi connectivity index (χ2n) is 3.93. The molecule has 0 bridgehead atoms. The molecule has 0 radical (unpaired) electrons. The molecular formula is C12H16FN3O2. The number of anilines is 1. The van der Waals surface area contributed by atoms with Crippen molar-refractivity contribution in [3.05, 3.63) is 29.6 Å². The lowest BCUT2D eigenvalue weighted by atomic mass is 10.0. The average Bonchev–Trinajstić information content (AvgIpc) is 2.33. The van der Waals surface area contributed by atoms with E-state index in [-0.39, 0.29) is 17.6 Å². The van der Waals surface area contributed by atoms with Crippen molar-refractivity contribution in [3.8, 4) is 0 Å². The van der Waals surface area contributed by atoms with Crippen LogP contribution in [0.5, 0.6) is 0 Å². The fraction of sp³-hybridized carbons (Fsp3) is 0.333. The molecule has 0 saturated carbocycles. The third-order valence-electron chi connectivity index (χ3n) is 2.64. The number of hydrogen-bond acceptors (Lipinski definition) is 3. The van der Waals surface area contributed by atoms with Crippen LogP contribution >= 0.6 is 0 Å². The minimum absolute atomic E-state index is 0.144. The van der Waals surface area contributed by atoms with Crippen molar-refractivity contribution in [2.45, 2.75) is 20.3 Å². The van der Waals surface area contributed by atoms with E-state index in [1.54, 1.807) is 13.8 Å². The number of nitrogens with two attached hydrogens (primary N) is 1. The van der Waals surface area contributed by atoms with Gasteiger partial charge >= 0.3 is 0 Å². The molecule has 18 heavy (non-hydrogen) atoms. The van der Waals surface area contributed by atoms with Gasteiger partial charge in [-0.1, -0.05) is 12.1 Å². The topological polar surface area (TPSA) is 87.7 Å². The van der Waals surface area contributed by atoms with Crippen molar-refractivity contribution in [1.82, 2.24) is 0 Å². The molecule has 0 fully saturated rings. The number of aryl methyl sites for hydroxylation is 1. The Balaban J connectivity index is 2.86. The maximum absolute atomic E-state index is 12.9. The van der Waals surface area contributed by atoms with E-state index in [4.69, 9.17) is 10.9 Å². The zero-order chi connectivity index (χ0) is 13.7. The van der Waals surface area contributed by atoms with E-state index >= 15 is 0 Å². The molecular weight excluding hydrogens is 237 g/mol. The zero-order valence-corrected chi connectivity index (χ0v) is 10.3. The highest BCUT2D eigenvalue weighted by molar-refractivity contribution is 6.07. The van der Waals surface area contributed by atoms with Gasteiger partial charge < -0.3 is 16.3 Å². The Morgan fingerprint density at radius 3 is 2.78 bits per heavy atom. The van der Waals surface area contributed by atoms with Crippen LogP contribution in [0.4, 0.5) is 10.1 Å². The third kappa shape index (κ3) is 3.19. The Morgan fingerprint density at radius 2 is 2.28 bits per heavy atom. The van der Waals surface area contributed by atoms with Crippen LogP contribution in [0.3, 0.4) is 0 Å². The summed E-state index contributed by atoms with van der Waals surface area (Å²) >= 11 is 0. The molecule has 5 nitrogen and oxygen atoms in total. The molecule has 0 saturated heterocycles. The van der Waals surface area contributed by atoms with Crippen LogP contribution in [0.25, 0.3) is 0 Å². The summed E-state index contributed by atoms with van der Waals surface area (Å²) in [6.07, 6.45) is 0.405. The van der Waals surface area contributed by atoms with E-state index in [2.05, 4.69) is 10.5 Å². The summed E-state index contributed by atoms with van der Waals surface area (Å²) in [4.78, 5) is 11.9. The lowest BCUT2D eigenvalue weighted by Gasteiger charge is -2.14. The first-order valence-electron chi connectivity index (χ1n) is 5.54. The molecule has 4 N–H and O–H groups in total. The van der Waals surface area contributed by atoms with Gasteiger partial charge in [-0.2, -0.15) is 0 Å². The van der Waals surface area contributed by atoms with Gasteiger partial charge in [0.05, 0.1) is 5.92 Å². The molecule has 0 aromatic heterocycles. The number of rotatable bonds is 4. The average molecular weight is 253 g/mol. The van der Waals surface area contributed by atoms with E-state index < -0.39 is 5.92 Å². The van der Waals surface area contributed by atoms with Crippen LogP contribution in [-0.2, 0) is 4.79 Å². The van der Waals surface area contributed by atoms with Crippen molar-refractivity contribution in [1.29, 1.82) is 0 Å². The van der Waals surface area contributed by atoms with Crippen molar-refractivity contribution < 1.29 is 14.4 Å². The number of benzene rings is 1. The van der Waals surface area contributed by atoms with Crippen molar-refractivity contribution in [2.24, 2.45) is 16.8 Å². The van der Waals surface area contributed by atoms with E-state index in [9.17, 15) is 9.18 Å². The number of nitrogens with zero attached hydrogens (tertiary/aromatic N) is 1. The summed E-state index contributed by atoms with van der Waals surface area (Å²) in [5, 5.41) is 14.0. The standard InChI is InChI=1S/C12H16FN3O2/c1-3-9(11(14)16-18)12(17)15-10-5-4-8(13)6-7(10)2/h4-6,9,18H,3H2,1-2H3,(H2,14,16)(H,15,17). The van der Waals surface area contributed by atoms with Crippen molar-refractivity contribution in [2.75, 3.05) is 5.32 Å². The monoisotopic (exact) mass is 253 g/mol. The van der Waals surface area contributed by atoms with Crippen molar-refractivity contribution >= 4 is 17.4 Å². The molecule has 0 aliphatic carbocycles. The minimum Gasteiger partial charge on any atom is -0.409 e. The number of amidine groups is 1. The van der Waals surface area contributed by atoms with E-state index in [0.717, 1.165) is 0 Å². The van der Waals surface area contributed by atoms with Crippen LogP contribution in [-0.4, -0.2) is 17.0 Å². The summed E-state index contributed by atoms with van der Waals surface area (Å²) in [5.41, 5.74) is 6.54. The molecule has 1 atom stereocenters. The first-order chi connectivity index (χ1) is 8.49. The predicted octanol–water partition coefficient (Wildman–Crippen LogP) is 1.85. The van der Waals surface area contributed by atoms with E-state index in [1.165, 1.54) is 18.2 Å². The number of amides is 1. The van der Waals surface area contributed by atoms with Crippen LogP contribution in [0.1, 0.15) is 18.9 Å². The van der Waals surface area contributed by atoms with Gasteiger partial charge in [0.25, 0.3) is 0 Å². The Bertz CT molecular complexity index is 474. The van der Waals surface area contributed by atoms with Gasteiger partial charge in [-0.05, 0) is 37.1 Å². The first kappa shape index (κ1) is 14.0. The lowest BCUT2D eigenvalue weighted by molar-refractivity contribution is -0.118. The van der Waals surface area contributed by atoms with Crippen LogP contribution in [0.15, 0.2) is 23.4 Å². The highest BCUT2D eigenvalue weighted by Crippen LogP contribution is 2.17. The fourth-order valence-electron chi connectivity index (χ4n) is 1.59. The highest BCUT2D eigenvalue weighted by atomic mass is 19.1. The zero-order valence-electron chi connectivity index (χ0n) is 10.3. The third-order valence-corrected chi connectivity index (χ3v) is 2.64. The summed E-state index contributed by atoms with van der Waals surface area (Å²) in [6, 6.07) is 4.05. The highest BCUT2D eigenvalue weighted by Gasteiger charge is 2.21. The molecule has 1 aromatic carbocycles. The largest absolute Gasteiger partial charge is 0.409 e. The molecule has 1 rings (SSSR count). The SMILES string of the molecule is CCC(C(=O)Nc1ccc(F)cc1C)C(N)=NO. The molecule has 1 aromatic rings. The molecule has 0 aliphatic rings. The van der Waals surface area contributed by atoms with E-state index in [1.807, 2.05) is 0 Å². The summed E-state index contributed by atoms with van der Waals surface area (Å²) < 4.78 is 12.9. The smallest absolute Gasteiger partial charge is 0.235 e. The van der Waals surface area contributed by atoms with Crippen LogP contribution < -0.4 is 11.1 Å². The molecule has 1 amide bonds. The van der Waals surface area contributed by atoms with Gasteiger partial charge in [0.2, 0.25) is 5.91 Å². The Kier molecular flexibility index (Phi) is 4.65. The second-order valence-corrected chi connectivity index (χ2v) is 3.93. The number of carbonyl (C=O) groups excluding carboxylic acids is 1. The summed E-state index contributed by atoms with van der Waals surface area (Å²) in [5.74, 6) is -1.61. The number of halogens is 1. The molecule has 0 spiro atoms. The van der Waals surface area contributed by atoms with Gasteiger partial charge in [0.15, 0.2) is 5.84 Å². The van der Waals surface area contributed by atoms with E-state index in [0.29, 0.717) is 17.7 Å². The number of nitrogens with one attached hydrogen (secondary N) is 1. The van der Waals surface area contributed by atoms with Gasteiger partial charge in [0.1, 0.15) is 5.82 Å². The molecule has 0 aliphatic heterocycles. The summed E-state index contributed by atoms with van der Waals surface area (Å²) in [6.45, 7) is 3.43. The van der Waals surface area contributed by atoms with Crippen molar-refractivity contribution in [3.63, 3.8) is 0 Å². The maximum Gasteiger partial charge on any atom is 0.235 e. The van der Waals surface area contributed by atoms with Gasteiger partial charge in [-0.3, -0.25) is 4.79 Å². The molecule has 0 heterocycles. The Hall–Kier alpha value is -2.11. The maximum atomic E-state index is 12.9. The first-order valence-corrected chi connectivity index (χ1v) is 5.54. The Morgan fingerprint density at radius 1 is 1.61 bits per heavy atom.